The molecule has 0 amide bonds. The first kappa shape index (κ1) is 10.9. The Morgan fingerprint density at radius 3 is 2.88 bits per heavy atom. The summed E-state index contributed by atoms with van der Waals surface area (Å²) in [4.78, 5) is 5.21. The van der Waals surface area contributed by atoms with Crippen LogP contribution in [0.2, 0.25) is 0 Å². The topological polar surface area (TPSA) is 21.6 Å². The van der Waals surface area contributed by atoms with Crippen molar-refractivity contribution in [2.75, 3.05) is 0 Å². The predicted octanol–water partition coefficient (Wildman–Crippen LogP) is 3.63. The number of nitrogens with zero attached hydrogens (tertiary/aromatic N) is 1. The van der Waals surface area contributed by atoms with Crippen LogP contribution in [-0.4, -0.2) is 6.21 Å². The summed E-state index contributed by atoms with van der Waals surface area (Å²) >= 11 is 0. The fraction of sp³-hybridized carbons (Fsp3) is 0.308. The van der Waals surface area contributed by atoms with Gasteiger partial charge in [-0.25, -0.2) is 4.39 Å². The summed E-state index contributed by atoms with van der Waals surface area (Å²) in [6.07, 6.45) is 7.77. The van der Waals surface area contributed by atoms with E-state index in [0.717, 1.165) is 25.0 Å². The molecule has 1 aliphatic carbocycles. The minimum Gasteiger partial charge on any atom is -0.362 e. The average molecular weight is 219 g/mol. The largest absolute Gasteiger partial charge is 0.362 e. The summed E-state index contributed by atoms with van der Waals surface area (Å²) in [6, 6.07) is 6.49. The molecular weight excluding hydrogens is 205 g/mol. The Hall–Kier alpha value is -1.64. The van der Waals surface area contributed by atoms with Gasteiger partial charge in [0.05, 0.1) is 6.21 Å². The first-order valence-electron chi connectivity index (χ1n) is 5.50. The third-order valence-electron chi connectivity index (χ3n) is 2.52. The highest BCUT2D eigenvalue weighted by Gasteiger charge is 2.03. The van der Waals surface area contributed by atoms with Crippen molar-refractivity contribution in [3.05, 3.63) is 47.5 Å². The second-order valence-electron chi connectivity index (χ2n) is 3.76. The lowest BCUT2D eigenvalue weighted by Gasteiger charge is -2.09. The van der Waals surface area contributed by atoms with Crippen molar-refractivity contribution >= 4 is 6.21 Å². The van der Waals surface area contributed by atoms with Crippen LogP contribution in [-0.2, 0) is 4.84 Å². The van der Waals surface area contributed by atoms with E-state index < -0.39 is 0 Å². The molecule has 0 spiro atoms. The van der Waals surface area contributed by atoms with Crippen molar-refractivity contribution < 1.29 is 9.23 Å². The standard InChI is InChI=1S/C13H14FNO/c14-13-9-5-4-6-11(13)10-15-16-12-7-2-1-3-8-12/h4-7,9-10H,1-3,8H2. The molecule has 1 aromatic carbocycles. The average Bonchev–Trinajstić information content (AvgIpc) is 2.33. The minimum atomic E-state index is -0.285. The molecule has 0 saturated heterocycles. The maximum Gasteiger partial charge on any atom is 0.132 e. The number of allylic oxidation sites excluding steroid dienone is 2. The number of benzene rings is 1. The van der Waals surface area contributed by atoms with Crippen LogP contribution >= 0.6 is 0 Å². The van der Waals surface area contributed by atoms with Crippen LogP contribution < -0.4 is 0 Å². The van der Waals surface area contributed by atoms with Gasteiger partial charge in [-0.1, -0.05) is 23.4 Å². The number of hydrogen-bond donors (Lipinski definition) is 0. The maximum atomic E-state index is 13.2. The van der Waals surface area contributed by atoms with E-state index >= 15 is 0 Å². The van der Waals surface area contributed by atoms with Crippen LogP contribution in [0.15, 0.2) is 41.3 Å². The molecule has 2 nitrogen and oxygen atoms in total. The molecular formula is C13H14FNO. The van der Waals surface area contributed by atoms with Gasteiger partial charge in [-0.3, -0.25) is 0 Å². The SMILES string of the molecule is Fc1ccccc1C=NOC1=CCCCC1. The van der Waals surface area contributed by atoms with Crippen LogP contribution in [0.1, 0.15) is 31.2 Å². The van der Waals surface area contributed by atoms with Crippen molar-refractivity contribution in [2.45, 2.75) is 25.7 Å². The number of halogens is 1. The molecule has 0 unspecified atom stereocenters. The van der Waals surface area contributed by atoms with E-state index in [9.17, 15) is 4.39 Å². The van der Waals surface area contributed by atoms with E-state index in [0.29, 0.717) is 5.56 Å². The molecule has 84 valence electrons. The molecule has 0 saturated carbocycles. The Balaban J connectivity index is 1.94. The van der Waals surface area contributed by atoms with Gasteiger partial charge in [0, 0.05) is 12.0 Å². The second kappa shape index (κ2) is 5.45. The fourth-order valence-corrected chi connectivity index (χ4v) is 1.62. The van der Waals surface area contributed by atoms with Gasteiger partial charge in [0.2, 0.25) is 0 Å². The van der Waals surface area contributed by atoms with Crippen molar-refractivity contribution in [2.24, 2.45) is 5.16 Å². The summed E-state index contributed by atoms with van der Waals surface area (Å²) in [5.74, 6) is 0.603. The summed E-state index contributed by atoms with van der Waals surface area (Å²) in [7, 11) is 0. The molecule has 16 heavy (non-hydrogen) atoms. The molecule has 3 heteroatoms. The molecule has 0 aliphatic heterocycles. The number of rotatable bonds is 3. The highest BCUT2D eigenvalue weighted by molar-refractivity contribution is 5.79. The van der Waals surface area contributed by atoms with Gasteiger partial charge in [-0.05, 0) is 31.4 Å². The van der Waals surface area contributed by atoms with E-state index in [4.69, 9.17) is 4.84 Å². The number of oxime groups is 1. The van der Waals surface area contributed by atoms with Crippen LogP contribution in [0.25, 0.3) is 0 Å². The quantitative estimate of drug-likeness (QED) is 0.562. The molecule has 0 N–H and O–H groups in total. The second-order valence-corrected chi connectivity index (χ2v) is 3.76. The van der Waals surface area contributed by atoms with Crippen molar-refractivity contribution in [1.82, 2.24) is 0 Å². The third-order valence-corrected chi connectivity index (χ3v) is 2.52. The molecule has 0 fully saturated rings. The molecule has 0 atom stereocenters. The molecule has 0 bridgehead atoms. The maximum absolute atomic E-state index is 13.2. The van der Waals surface area contributed by atoms with Gasteiger partial charge in [-0.15, -0.1) is 0 Å². The van der Waals surface area contributed by atoms with Crippen molar-refractivity contribution in [1.29, 1.82) is 0 Å². The van der Waals surface area contributed by atoms with Crippen LogP contribution in [0, 0.1) is 5.82 Å². The summed E-state index contributed by atoms with van der Waals surface area (Å²) < 4.78 is 13.2. The zero-order valence-electron chi connectivity index (χ0n) is 9.03. The Kier molecular flexibility index (Phi) is 3.70. The van der Waals surface area contributed by atoms with E-state index in [1.165, 1.54) is 18.7 Å². The van der Waals surface area contributed by atoms with Gasteiger partial charge in [0.1, 0.15) is 11.6 Å². The lowest BCUT2D eigenvalue weighted by molar-refractivity contribution is 0.210. The highest BCUT2D eigenvalue weighted by Crippen LogP contribution is 2.18. The summed E-state index contributed by atoms with van der Waals surface area (Å²) in [6.45, 7) is 0. The summed E-state index contributed by atoms with van der Waals surface area (Å²) in [5.41, 5.74) is 0.443. The Morgan fingerprint density at radius 2 is 2.12 bits per heavy atom. The van der Waals surface area contributed by atoms with Crippen LogP contribution in [0.4, 0.5) is 4.39 Å². The van der Waals surface area contributed by atoms with Crippen LogP contribution in [0.5, 0.6) is 0 Å². The van der Waals surface area contributed by atoms with Gasteiger partial charge in [0.15, 0.2) is 0 Å². The first-order chi connectivity index (χ1) is 7.86. The number of hydrogen-bond acceptors (Lipinski definition) is 2. The minimum absolute atomic E-state index is 0.285. The van der Waals surface area contributed by atoms with Gasteiger partial charge in [-0.2, -0.15) is 0 Å². The lowest BCUT2D eigenvalue weighted by Crippen LogP contribution is -1.94. The fourth-order valence-electron chi connectivity index (χ4n) is 1.62. The molecule has 1 aliphatic rings. The van der Waals surface area contributed by atoms with Crippen molar-refractivity contribution in [3.8, 4) is 0 Å². The van der Waals surface area contributed by atoms with E-state index in [1.807, 2.05) is 6.08 Å². The lowest BCUT2D eigenvalue weighted by atomic mass is 10.1. The van der Waals surface area contributed by atoms with E-state index in [-0.39, 0.29) is 5.82 Å². The Morgan fingerprint density at radius 1 is 1.25 bits per heavy atom. The van der Waals surface area contributed by atoms with E-state index in [1.54, 1.807) is 18.2 Å². The molecule has 1 aromatic rings. The van der Waals surface area contributed by atoms with Gasteiger partial charge >= 0.3 is 0 Å². The van der Waals surface area contributed by atoms with Crippen LogP contribution in [0.3, 0.4) is 0 Å². The smallest absolute Gasteiger partial charge is 0.132 e. The van der Waals surface area contributed by atoms with Gasteiger partial charge in [0.25, 0.3) is 0 Å². The van der Waals surface area contributed by atoms with Gasteiger partial charge < -0.3 is 4.84 Å². The Labute approximate surface area is 94.4 Å². The summed E-state index contributed by atoms with van der Waals surface area (Å²) in [5, 5.41) is 3.79. The first-order valence-corrected chi connectivity index (χ1v) is 5.50. The normalized spacial score (nSPS) is 16.2. The van der Waals surface area contributed by atoms with E-state index in [2.05, 4.69) is 5.16 Å². The molecule has 0 heterocycles. The molecule has 0 aromatic heterocycles. The molecule has 0 radical (unpaired) electrons. The highest BCUT2D eigenvalue weighted by atomic mass is 19.1. The van der Waals surface area contributed by atoms with Crippen molar-refractivity contribution in [3.63, 3.8) is 0 Å². The zero-order valence-corrected chi connectivity index (χ0v) is 9.03. The monoisotopic (exact) mass is 219 g/mol. The Bertz CT molecular complexity index is 412. The zero-order chi connectivity index (χ0) is 11.2. The predicted molar refractivity (Wildman–Crippen MR) is 61.6 cm³/mol. The molecule has 2 rings (SSSR count). The third kappa shape index (κ3) is 2.92.